The average Bonchev–Trinajstić information content (AvgIpc) is 2.27. The molecule has 3 nitrogen and oxygen atoms in total. The number of hydroxylamine groups is 1. The molecule has 1 amide bonds. The topological polar surface area (TPSA) is 49.3 Å². The van der Waals surface area contributed by atoms with E-state index >= 15 is 0 Å². The number of carbonyl (C=O) groups is 1. The van der Waals surface area contributed by atoms with E-state index in [1.165, 1.54) is 5.56 Å². The standard InChI is InChI=1S/C11H11NO2/c13-11(12-14)10-6-5-8-3-1-2-4-9(8)7-10/h1-4,6,14H,5,7H2,(H,12,13). The number of carbonyl (C=O) groups excluding carboxylic acids is 1. The predicted molar refractivity (Wildman–Crippen MR) is 51.9 cm³/mol. The van der Waals surface area contributed by atoms with Crippen LogP contribution >= 0.6 is 0 Å². The summed E-state index contributed by atoms with van der Waals surface area (Å²) >= 11 is 0. The van der Waals surface area contributed by atoms with Crippen LogP contribution in [0.25, 0.3) is 0 Å². The molecular formula is C11H11NO2. The third-order valence-corrected chi connectivity index (χ3v) is 2.46. The summed E-state index contributed by atoms with van der Waals surface area (Å²) < 4.78 is 0. The Morgan fingerprint density at radius 2 is 2.00 bits per heavy atom. The van der Waals surface area contributed by atoms with Gasteiger partial charge in [-0.15, -0.1) is 0 Å². The molecule has 0 atom stereocenters. The predicted octanol–water partition coefficient (Wildman–Crippen LogP) is 1.22. The van der Waals surface area contributed by atoms with Crippen molar-refractivity contribution < 1.29 is 10.0 Å². The van der Waals surface area contributed by atoms with E-state index in [1.807, 2.05) is 24.3 Å². The molecule has 0 saturated heterocycles. The third-order valence-electron chi connectivity index (χ3n) is 2.46. The van der Waals surface area contributed by atoms with Gasteiger partial charge in [-0.3, -0.25) is 10.0 Å². The van der Waals surface area contributed by atoms with Gasteiger partial charge < -0.3 is 0 Å². The quantitative estimate of drug-likeness (QED) is 0.515. The van der Waals surface area contributed by atoms with Gasteiger partial charge in [0.25, 0.3) is 5.91 Å². The van der Waals surface area contributed by atoms with Crippen LogP contribution in [0.5, 0.6) is 0 Å². The summed E-state index contributed by atoms with van der Waals surface area (Å²) in [4.78, 5) is 11.1. The van der Waals surface area contributed by atoms with Crippen molar-refractivity contribution >= 4 is 5.91 Å². The maximum Gasteiger partial charge on any atom is 0.270 e. The Bertz CT molecular complexity index is 396. The first-order chi connectivity index (χ1) is 6.81. The Morgan fingerprint density at radius 3 is 2.71 bits per heavy atom. The second-order valence-corrected chi connectivity index (χ2v) is 3.32. The number of allylic oxidation sites excluding steroid dienone is 1. The van der Waals surface area contributed by atoms with Gasteiger partial charge in [0, 0.05) is 12.0 Å². The van der Waals surface area contributed by atoms with E-state index in [4.69, 9.17) is 5.21 Å². The van der Waals surface area contributed by atoms with Crippen molar-refractivity contribution in [3.63, 3.8) is 0 Å². The molecule has 1 aromatic carbocycles. The van der Waals surface area contributed by atoms with Gasteiger partial charge in [0.1, 0.15) is 0 Å². The highest BCUT2D eigenvalue weighted by atomic mass is 16.5. The van der Waals surface area contributed by atoms with Crippen LogP contribution in [0.2, 0.25) is 0 Å². The van der Waals surface area contributed by atoms with Gasteiger partial charge in [0.05, 0.1) is 0 Å². The lowest BCUT2D eigenvalue weighted by molar-refractivity contribution is -0.125. The van der Waals surface area contributed by atoms with Gasteiger partial charge in [-0.1, -0.05) is 30.3 Å². The van der Waals surface area contributed by atoms with E-state index in [-0.39, 0.29) is 0 Å². The highest BCUT2D eigenvalue weighted by Crippen LogP contribution is 2.20. The largest absolute Gasteiger partial charge is 0.288 e. The number of hydrogen-bond donors (Lipinski definition) is 2. The summed E-state index contributed by atoms with van der Waals surface area (Å²) in [5.74, 6) is -0.403. The molecule has 0 heterocycles. The average molecular weight is 189 g/mol. The van der Waals surface area contributed by atoms with Crippen molar-refractivity contribution in [1.82, 2.24) is 5.48 Å². The molecule has 0 spiro atoms. The number of benzene rings is 1. The minimum absolute atomic E-state index is 0.403. The molecule has 0 bridgehead atoms. The Balaban J connectivity index is 2.25. The molecule has 2 N–H and O–H groups in total. The van der Waals surface area contributed by atoms with Gasteiger partial charge in [-0.05, 0) is 17.5 Å². The van der Waals surface area contributed by atoms with Crippen molar-refractivity contribution in [1.29, 1.82) is 0 Å². The minimum atomic E-state index is -0.403. The van der Waals surface area contributed by atoms with Crippen LogP contribution in [0.15, 0.2) is 35.9 Å². The molecule has 0 saturated carbocycles. The lowest BCUT2D eigenvalue weighted by Gasteiger charge is -2.15. The van der Waals surface area contributed by atoms with Crippen LogP contribution in [0, 0.1) is 0 Å². The molecule has 1 aliphatic carbocycles. The zero-order valence-electron chi connectivity index (χ0n) is 7.66. The molecule has 0 radical (unpaired) electrons. The molecule has 14 heavy (non-hydrogen) atoms. The minimum Gasteiger partial charge on any atom is -0.288 e. The molecule has 0 aromatic heterocycles. The fraction of sp³-hybridized carbons (Fsp3) is 0.182. The van der Waals surface area contributed by atoms with E-state index in [0.29, 0.717) is 12.0 Å². The summed E-state index contributed by atoms with van der Waals surface area (Å²) in [7, 11) is 0. The SMILES string of the molecule is O=C(NO)C1=CCc2ccccc2C1. The number of amides is 1. The molecule has 0 unspecified atom stereocenters. The first kappa shape index (κ1) is 8.97. The van der Waals surface area contributed by atoms with Crippen LogP contribution < -0.4 is 5.48 Å². The van der Waals surface area contributed by atoms with Crippen LogP contribution in [0.4, 0.5) is 0 Å². The van der Waals surface area contributed by atoms with Crippen molar-refractivity contribution in [2.75, 3.05) is 0 Å². The van der Waals surface area contributed by atoms with Gasteiger partial charge in [-0.2, -0.15) is 0 Å². The third kappa shape index (κ3) is 1.54. The lowest BCUT2D eigenvalue weighted by atomic mass is 9.91. The molecule has 0 aliphatic heterocycles. The molecule has 1 aromatic rings. The molecule has 72 valence electrons. The molecule has 0 fully saturated rings. The van der Waals surface area contributed by atoms with Gasteiger partial charge in [-0.25, -0.2) is 5.48 Å². The Hall–Kier alpha value is -1.61. The second kappa shape index (κ2) is 3.64. The van der Waals surface area contributed by atoms with E-state index in [0.717, 1.165) is 12.0 Å². The van der Waals surface area contributed by atoms with Crippen molar-refractivity contribution in [3.8, 4) is 0 Å². The fourth-order valence-corrected chi connectivity index (χ4v) is 1.68. The van der Waals surface area contributed by atoms with Crippen LogP contribution in [-0.2, 0) is 17.6 Å². The summed E-state index contributed by atoms with van der Waals surface area (Å²) in [6, 6.07) is 8.01. The smallest absolute Gasteiger partial charge is 0.270 e. The number of nitrogens with one attached hydrogen (secondary N) is 1. The summed E-state index contributed by atoms with van der Waals surface area (Å²) in [6.07, 6.45) is 3.22. The van der Waals surface area contributed by atoms with Crippen molar-refractivity contribution in [3.05, 3.63) is 47.0 Å². The van der Waals surface area contributed by atoms with E-state index in [9.17, 15) is 4.79 Å². The first-order valence-corrected chi connectivity index (χ1v) is 4.51. The van der Waals surface area contributed by atoms with E-state index in [1.54, 1.807) is 5.48 Å². The monoisotopic (exact) mass is 189 g/mol. The van der Waals surface area contributed by atoms with Gasteiger partial charge >= 0.3 is 0 Å². The lowest BCUT2D eigenvalue weighted by Crippen LogP contribution is -2.23. The van der Waals surface area contributed by atoms with Crippen molar-refractivity contribution in [2.45, 2.75) is 12.8 Å². The summed E-state index contributed by atoms with van der Waals surface area (Å²) in [5, 5.41) is 8.49. The van der Waals surface area contributed by atoms with E-state index in [2.05, 4.69) is 6.07 Å². The zero-order valence-corrected chi connectivity index (χ0v) is 7.66. The highest BCUT2D eigenvalue weighted by Gasteiger charge is 2.15. The molecular weight excluding hydrogens is 178 g/mol. The van der Waals surface area contributed by atoms with Crippen LogP contribution in [-0.4, -0.2) is 11.1 Å². The number of rotatable bonds is 1. The zero-order chi connectivity index (χ0) is 9.97. The Morgan fingerprint density at radius 1 is 1.29 bits per heavy atom. The molecule has 2 rings (SSSR count). The van der Waals surface area contributed by atoms with Gasteiger partial charge in [0.2, 0.25) is 0 Å². The van der Waals surface area contributed by atoms with Crippen molar-refractivity contribution in [2.24, 2.45) is 0 Å². The van der Waals surface area contributed by atoms with E-state index < -0.39 is 5.91 Å². The normalized spacial score (nSPS) is 14.2. The second-order valence-electron chi connectivity index (χ2n) is 3.32. The number of hydrogen-bond acceptors (Lipinski definition) is 2. The summed E-state index contributed by atoms with van der Waals surface area (Å²) in [6.45, 7) is 0. The Kier molecular flexibility index (Phi) is 2.33. The molecule has 1 aliphatic rings. The fourth-order valence-electron chi connectivity index (χ4n) is 1.68. The maximum absolute atomic E-state index is 11.1. The number of fused-ring (bicyclic) bond motifs is 1. The maximum atomic E-state index is 11.1. The van der Waals surface area contributed by atoms with Gasteiger partial charge in [0.15, 0.2) is 0 Å². The van der Waals surface area contributed by atoms with Crippen LogP contribution in [0.1, 0.15) is 11.1 Å². The Labute approximate surface area is 82.0 Å². The highest BCUT2D eigenvalue weighted by molar-refractivity contribution is 5.93. The van der Waals surface area contributed by atoms with Crippen LogP contribution in [0.3, 0.4) is 0 Å². The molecule has 3 heteroatoms. The first-order valence-electron chi connectivity index (χ1n) is 4.51. The summed E-state index contributed by atoms with van der Waals surface area (Å²) in [5.41, 5.74) is 4.70.